The number of anilines is 1. The predicted octanol–water partition coefficient (Wildman–Crippen LogP) is 4.81. The smallest absolute Gasteiger partial charge is 0.345 e. The molecule has 9 heteroatoms. The Balaban J connectivity index is 1.54. The first-order valence-corrected chi connectivity index (χ1v) is 11.1. The van der Waals surface area contributed by atoms with E-state index in [0.717, 1.165) is 10.8 Å². The molecule has 0 radical (unpaired) electrons. The fourth-order valence-corrected chi connectivity index (χ4v) is 3.59. The maximum atomic E-state index is 12.7. The summed E-state index contributed by atoms with van der Waals surface area (Å²) in [5.41, 5.74) is 3.22. The Morgan fingerprint density at radius 3 is 2.47 bits per heavy atom. The molecule has 180 valence electrons. The zero-order valence-corrected chi connectivity index (χ0v) is 19.8. The van der Waals surface area contributed by atoms with E-state index in [1.165, 1.54) is 13.3 Å². The van der Waals surface area contributed by atoms with Gasteiger partial charge in [-0.15, -0.1) is 0 Å². The Labute approximate surface area is 211 Å². The van der Waals surface area contributed by atoms with E-state index < -0.39 is 17.8 Å². The van der Waals surface area contributed by atoms with Crippen LogP contribution in [-0.2, 0) is 9.59 Å². The summed E-state index contributed by atoms with van der Waals surface area (Å²) in [4.78, 5) is 37.3. The summed E-state index contributed by atoms with van der Waals surface area (Å²) in [5, 5.41) is 8.23. The number of methoxy groups -OCH3 is 1. The van der Waals surface area contributed by atoms with Crippen LogP contribution in [0.1, 0.15) is 15.9 Å². The van der Waals surface area contributed by atoms with Crippen LogP contribution in [0.3, 0.4) is 0 Å². The van der Waals surface area contributed by atoms with Crippen molar-refractivity contribution in [3.63, 3.8) is 0 Å². The number of hydrazone groups is 1. The third-order valence-electron chi connectivity index (χ3n) is 5.12. The molecule has 0 aromatic heterocycles. The van der Waals surface area contributed by atoms with E-state index in [0.29, 0.717) is 17.0 Å². The molecule has 0 fully saturated rings. The number of halogens is 1. The number of rotatable bonds is 6. The molecular formula is C27H20ClN3O5. The summed E-state index contributed by atoms with van der Waals surface area (Å²) in [6, 6.07) is 23.9. The average Bonchev–Trinajstić information content (AvgIpc) is 2.89. The number of hydrogen-bond donors (Lipinski definition) is 2. The second-order valence-corrected chi connectivity index (χ2v) is 7.86. The number of fused-ring (bicyclic) bond motifs is 1. The molecule has 0 aliphatic rings. The largest absolute Gasteiger partial charge is 0.497 e. The monoisotopic (exact) mass is 501 g/mol. The Morgan fingerprint density at radius 2 is 1.67 bits per heavy atom. The van der Waals surface area contributed by atoms with E-state index >= 15 is 0 Å². The van der Waals surface area contributed by atoms with Crippen LogP contribution >= 0.6 is 11.6 Å². The fraction of sp³-hybridized carbons (Fsp3) is 0.0370. The zero-order chi connectivity index (χ0) is 25.5. The second-order valence-electron chi connectivity index (χ2n) is 7.45. The Hall–Kier alpha value is -4.69. The molecule has 0 saturated carbocycles. The van der Waals surface area contributed by atoms with Gasteiger partial charge in [0.2, 0.25) is 0 Å². The molecule has 0 unspecified atom stereocenters. The molecule has 0 aliphatic carbocycles. The van der Waals surface area contributed by atoms with Crippen molar-refractivity contribution in [2.45, 2.75) is 0 Å². The number of amides is 2. The third kappa shape index (κ3) is 5.68. The molecule has 36 heavy (non-hydrogen) atoms. The summed E-state index contributed by atoms with van der Waals surface area (Å²) < 4.78 is 10.7. The van der Waals surface area contributed by atoms with Gasteiger partial charge in [0.1, 0.15) is 11.5 Å². The van der Waals surface area contributed by atoms with Gasteiger partial charge >= 0.3 is 17.8 Å². The van der Waals surface area contributed by atoms with Gasteiger partial charge in [-0.1, -0.05) is 60.1 Å². The standard InChI is InChI=1S/C27H20ClN3O5/c1-35-19-9-6-8-18(15-19)30-25(32)26(33)31-29-16-22-20-10-3-2-7-17(20)13-14-24(22)36-27(34)21-11-4-5-12-23(21)28/h2-16H,1H3,(H,30,32)(H,31,33). The quantitative estimate of drug-likeness (QED) is 0.130. The first-order valence-electron chi connectivity index (χ1n) is 10.7. The number of hydrogen-bond acceptors (Lipinski definition) is 6. The number of esters is 1. The number of benzene rings is 4. The van der Waals surface area contributed by atoms with E-state index in [9.17, 15) is 14.4 Å². The maximum absolute atomic E-state index is 12.7. The van der Waals surface area contributed by atoms with Crippen LogP contribution in [0.4, 0.5) is 5.69 Å². The van der Waals surface area contributed by atoms with E-state index in [2.05, 4.69) is 15.8 Å². The van der Waals surface area contributed by atoms with E-state index in [1.807, 2.05) is 24.3 Å². The number of carbonyl (C=O) groups is 3. The minimum atomic E-state index is -0.982. The van der Waals surface area contributed by atoms with Gasteiger partial charge in [0.05, 0.1) is 23.9 Å². The van der Waals surface area contributed by atoms with Crippen LogP contribution in [0.5, 0.6) is 11.5 Å². The molecule has 0 atom stereocenters. The van der Waals surface area contributed by atoms with Crippen molar-refractivity contribution >= 4 is 52.1 Å². The molecule has 0 heterocycles. The highest BCUT2D eigenvalue weighted by atomic mass is 35.5. The summed E-state index contributed by atoms with van der Waals surface area (Å²) in [7, 11) is 1.50. The van der Waals surface area contributed by atoms with E-state index in [-0.39, 0.29) is 16.3 Å². The molecule has 0 spiro atoms. The van der Waals surface area contributed by atoms with Crippen LogP contribution in [0, 0.1) is 0 Å². The molecule has 4 aromatic rings. The van der Waals surface area contributed by atoms with Gasteiger partial charge < -0.3 is 14.8 Å². The number of nitrogens with zero attached hydrogens (tertiary/aromatic N) is 1. The summed E-state index contributed by atoms with van der Waals surface area (Å²) >= 11 is 6.12. The lowest BCUT2D eigenvalue weighted by molar-refractivity contribution is -0.136. The van der Waals surface area contributed by atoms with Crippen molar-refractivity contribution in [2.24, 2.45) is 5.10 Å². The number of carbonyl (C=O) groups excluding carboxylic acids is 3. The third-order valence-corrected chi connectivity index (χ3v) is 5.45. The first kappa shape index (κ1) is 24.4. The Bertz CT molecular complexity index is 1490. The van der Waals surface area contributed by atoms with Crippen LogP contribution in [0.15, 0.2) is 90.0 Å². The summed E-state index contributed by atoms with van der Waals surface area (Å²) in [5.74, 6) is -1.81. The van der Waals surface area contributed by atoms with Crippen LogP contribution < -0.4 is 20.2 Å². The van der Waals surface area contributed by atoms with Gasteiger partial charge in [-0.25, -0.2) is 10.2 Å². The minimum absolute atomic E-state index is 0.206. The normalized spacial score (nSPS) is 10.7. The van der Waals surface area contributed by atoms with Crippen molar-refractivity contribution in [1.82, 2.24) is 5.43 Å². The van der Waals surface area contributed by atoms with Crippen molar-refractivity contribution in [3.05, 3.63) is 101 Å². The Morgan fingerprint density at radius 1 is 0.889 bits per heavy atom. The van der Waals surface area contributed by atoms with E-state index in [4.69, 9.17) is 21.1 Å². The lowest BCUT2D eigenvalue weighted by Crippen LogP contribution is -2.32. The van der Waals surface area contributed by atoms with Crippen molar-refractivity contribution in [1.29, 1.82) is 0 Å². The van der Waals surface area contributed by atoms with Crippen LogP contribution in [0.2, 0.25) is 5.02 Å². The van der Waals surface area contributed by atoms with Gasteiger partial charge in [-0.2, -0.15) is 5.10 Å². The van der Waals surface area contributed by atoms with Gasteiger partial charge in [0, 0.05) is 17.3 Å². The molecular weight excluding hydrogens is 482 g/mol. The topological polar surface area (TPSA) is 106 Å². The van der Waals surface area contributed by atoms with Gasteiger partial charge in [-0.05, 0) is 41.1 Å². The highest BCUT2D eigenvalue weighted by molar-refractivity contribution is 6.39. The minimum Gasteiger partial charge on any atom is -0.497 e. The molecule has 0 aliphatic heterocycles. The molecule has 8 nitrogen and oxygen atoms in total. The molecule has 4 aromatic carbocycles. The first-order chi connectivity index (χ1) is 17.5. The highest BCUT2D eigenvalue weighted by Crippen LogP contribution is 2.28. The average molecular weight is 502 g/mol. The van der Waals surface area contributed by atoms with Gasteiger partial charge in [-0.3, -0.25) is 9.59 Å². The molecule has 4 rings (SSSR count). The summed E-state index contributed by atoms with van der Waals surface area (Å²) in [6.07, 6.45) is 1.31. The fourth-order valence-electron chi connectivity index (χ4n) is 3.37. The lowest BCUT2D eigenvalue weighted by Gasteiger charge is -2.11. The summed E-state index contributed by atoms with van der Waals surface area (Å²) in [6.45, 7) is 0. The van der Waals surface area contributed by atoms with Gasteiger partial charge in [0.25, 0.3) is 0 Å². The van der Waals surface area contributed by atoms with Gasteiger partial charge in [0.15, 0.2) is 0 Å². The van der Waals surface area contributed by atoms with Crippen LogP contribution in [-0.4, -0.2) is 31.1 Å². The number of ether oxygens (including phenoxy) is 2. The number of nitrogens with one attached hydrogen (secondary N) is 2. The predicted molar refractivity (Wildman–Crippen MR) is 138 cm³/mol. The maximum Gasteiger partial charge on any atom is 0.345 e. The zero-order valence-electron chi connectivity index (χ0n) is 19.0. The van der Waals surface area contributed by atoms with Crippen molar-refractivity contribution in [3.8, 4) is 11.5 Å². The molecule has 0 saturated heterocycles. The van der Waals surface area contributed by atoms with Crippen LogP contribution in [0.25, 0.3) is 10.8 Å². The van der Waals surface area contributed by atoms with E-state index in [1.54, 1.807) is 60.7 Å². The molecule has 0 bridgehead atoms. The van der Waals surface area contributed by atoms with Crippen molar-refractivity contribution < 1.29 is 23.9 Å². The van der Waals surface area contributed by atoms with Crippen molar-refractivity contribution in [2.75, 3.05) is 12.4 Å². The SMILES string of the molecule is COc1cccc(NC(=O)C(=O)NN=Cc2c(OC(=O)c3ccccc3Cl)ccc3ccccc23)c1. The highest BCUT2D eigenvalue weighted by Gasteiger charge is 2.17. The lowest BCUT2D eigenvalue weighted by atomic mass is 10.0. The second kappa shape index (κ2) is 11.2. The molecule has 2 amide bonds. The Kier molecular flexibility index (Phi) is 7.57. The molecule has 2 N–H and O–H groups in total.